The number of carbonyl (C=O) groups is 1. The first kappa shape index (κ1) is 23.5. The molecule has 1 aliphatic rings. The highest BCUT2D eigenvalue weighted by molar-refractivity contribution is 14.0. The molecule has 0 bridgehead atoms. The molecule has 1 aromatic carbocycles. The van der Waals surface area contributed by atoms with Crippen LogP contribution in [0.15, 0.2) is 35.3 Å². The number of amides is 1. The van der Waals surface area contributed by atoms with E-state index in [9.17, 15) is 4.79 Å². The van der Waals surface area contributed by atoms with Crippen molar-refractivity contribution in [2.24, 2.45) is 4.99 Å². The molecule has 1 aromatic rings. The lowest BCUT2D eigenvalue weighted by Gasteiger charge is -2.35. The number of ether oxygens (including phenoxy) is 2. The third kappa shape index (κ3) is 8.34. The summed E-state index contributed by atoms with van der Waals surface area (Å²) in [6.07, 6.45) is -0.233. The van der Waals surface area contributed by atoms with E-state index < -0.39 is 0 Å². The van der Waals surface area contributed by atoms with Crippen LogP contribution >= 0.6 is 24.0 Å². The lowest BCUT2D eigenvalue weighted by molar-refractivity contribution is 0.0913. The average Bonchev–Trinajstić information content (AvgIpc) is 2.68. The van der Waals surface area contributed by atoms with E-state index >= 15 is 0 Å². The SMILES string of the molecule is CCNC(=NCCOCc1ccccc1)N1CCN(C(=O)OCC)CC1.I. The molecule has 1 aliphatic heterocycles. The van der Waals surface area contributed by atoms with Crippen LogP contribution in [0.4, 0.5) is 4.79 Å². The molecule has 1 fully saturated rings. The Morgan fingerprint density at radius 2 is 1.78 bits per heavy atom. The van der Waals surface area contributed by atoms with Gasteiger partial charge in [-0.1, -0.05) is 30.3 Å². The van der Waals surface area contributed by atoms with E-state index in [1.807, 2.05) is 25.1 Å². The Morgan fingerprint density at radius 3 is 2.41 bits per heavy atom. The van der Waals surface area contributed by atoms with Gasteiger partial charge in [-0.25, -0.2) is 4.79 Å². The van der Waals surface area contributed by atoms with Crippen molar-refractivity contribution in [3.8, 4) is 0 Å². The summed E-state index contributed by atoms with van der Waals surface area (Å²) in [6, 6.07) is 10.1. The van der Waals surface area contributed by atoms with Crippen LogP contribution in [0.1, 0.15) is 19.4 Å². The van der Waals surface area contributed by atoms with Gasteiger partial charge < -0.3 is 24.6 Å². The number of nitrogens with one attached hydrogen (secondary N) is 1. The minimum Gasteiger partial charge on any atom is -0.450 e. The van der Waals surface area contributed by atoms with Crippen molar-refractivity contribution < 1.29 is 14.3 Å². The van der Waals surface area contributed by atoms with E-state index in [0.29, 0.717) is 39.5 Å². The molecular formula is C19H31IN4O3. The van der Waals surface area contributed by atoms with Crippen LogP contribution in [0.3, 0.4) is 0 Å². The van der Waals surface area contributed by atoms with Crippen molar-refractivity contribution in [3.05, 3.63) is 35.9 Å². The van der Waals surface area contributed by atoms with Gasteiger partial charge in [0.05, 0.1) is 26.4 Å². The van der Waals surface area contributed by atoms with Crippen LogP contribution in [0, 0.1) is 0 Å². The summed E-state index contributed by atoms with van der Waals surface area (Å²) in [5.74, 6) is 0.874. The second-order valence-electron chi connectivity index (χ2n) is 5.95. The van der Waals surface area contributed by atoms with Gasteiger partial charge >= 0.3 is 6.09 Å². The predicted octanol–water partition coefficient (Wildman–Crippen LogP) is 2.56. The largest absolute Gasteiger partial charge is 0.450 e. The van der Waals surface area contributed by atoms with E-state index in [4.69, 9.17) is 9.47 Å². The summed E-state index contributed by atoms with van der Waals surface area (Å²) >= 11 is 0. The summed E-state index contributed by atoms with van der Waals surface area (Å²) in [6.45, 7) is 9.66. The number of aliphatic imine (C=N–C) groups is 1. The third-order valence-electron chi connectivity index (χ3n) is 4.05. The number of carbonyl (C=O) groups excluding carboxylic acids is 1. The molecule has 7 nitrogen and oxygen atoms in total. The van der Waals surface area contributed by atoms with Crippen molar-refractivity contribution in [2.75, 3.05) is 52.5 Å². The number of hydrogen-bond donors (Lipinski definition) is 1. The fraction of sp³-hybridized carbons (Fsp3) is 0.579. The quantitative estimate of drug-likeness (QED) is 0.276. The van der Waals surface area contributed by atoms with Crippen LogP contribution < -0.4 is 5.32 Å². The Hall–Kier alpha value is -1.55. The smallest absolute Gasteiger partial charge is 0.409 e. The maximum absolute atomic E-state index is 11.8. The molecule has 1 heterocycles. The van der Waals surface area contributed by atoms with E-state index in [1.165, 1.54) is 5.56 Å². The molecule has 0 aromatic heterocycles. The first-order valence-electron chi connectivity index (χ1n) is 9.31. The highest BCUT2D eigenvalue weighted by Crippen LogP contribution is 2.05. The minimum absolute atomic E-state index is 0. The molecule has 2 rings (SSSR count). The third-order valence-corrected chi connectivity index (χ3v) is 4.05. The molecule has 1 saturated heterocycles. The van der Waals surface area contributed by atoms with Gasteiger partial charge in [0.15, 0.2) is 5.96 Å². The number of rotatable bonds is 7. The van der Waals surface area contributed by atoms with Gasteiger partial charge in [0, 0.05) is 32.7 Å². The van der Waals surface area contributed by atoms with Gasteiger partial charge in [-0.05, 0) is 19.4 Å². The highest BCUT2D eigenvalue weighted by atomic mass is 127. The van der Waals surface area contributed by atoms with Crippen molar-refractivity contribution in [1.29, 1.82) is 0 Å². The van der Waals surface area contributed by atoms with Crippen molar-refractivity contribution in [2.45, 2.75) is 20.5 Å². The van der Waals surface area contributed by atoms with Crippen molar-refractivity contribution in [3.63, 3.8) is 0 Å². The zero-order valence-corrected chi connectivity index (χ0v) is 18.6. The monoisotopic (exact) mass is 490 g/mol. The molecule has 0 aliphatic carbocycles. The van der Waals surface area contributed by atoms with Gasteiger partial charge in [-0.2, -0.15) is 0 Å². The van der Waals surface area contributed by atoms with Crippen LogP contribution in [-0.2, 0) is 16.1 Å². The lowest BCUT2D eigenvalue weighted by Crippen LogP contribution is -2.54. The Morgan fingerprint density at radius 1 is 1.11 bits per heavy atom. The number of piperazine rings is 1. The van der Waals surface area contributed by atoms with Crippen LogP contribution in [0.5, 0.6) is 0 Å². The molecule has 1 amide bonds. The standard InChI is InChI=1S/C19H30N4O3.HI/c1-3-20-18(21-10-15-25-16-17-8-6-5-7-9-17)22-11-13-23(14-12-22)19(24)26-4-2;/h5-9H,3-4,10-16H2,1-2H3,(H,20,21);1H. The van der Waals surface area contributed by atoms with Gasteiger partial charge in [0.2, 0.25) is 0 Å². The molecule has 1 N–H and O–H groups in total. The molecule has 0 saturated carbocycles. The van der Waals surface area contributed by atoms with Crippen LogP contribution in [0.25, 0.3) is 0 Å². The second kappa shape index (κ2) is 13.6. The number of halogens is 1. The zero-order chi connectivity index (χ0) is 18.6. The van der Waals surface area contributed by atoms with E-state index in [2.05, 4.69) is 34.3 Å². The topological polar surface area (TPSA) is 66.4 Å². The van der Waals surface area contributed by atoms with E-state index in [0.717, 1.165) is 25.6 Å². The number of benzene rings is 1. The summed E-state index contributed by atoms with van der Waals surface area (Å²) < 4.78 is 10.7. The highest BCUT2D eigenvalue weighted by Gasteiger charge is 2.23. The van der Waals surface area contributed by atoms with Gasteiger partial charge in [-0.3, -0.25) is 4.99 Å². The summed E-state index contributed by atoms with van der Waals surface area (Å²) in [5, 5.41) is 3.32. The predicted molar refractivity (Wildman–Crippen MR) is 118 cm³/mol. The number of hydrogen-bond acceptors (Lipinski definition) is 4. The van der Waals surface area contributed by atoms with E-state index in [-0.39, 0.29) is 30.1 Å². The molecular weight excluding hydrogens is 459 g/mol. The Kier molecular flexibility index (Phi) is 11.8. The molecule has 152 valence electrons. The first-order valence-corrected chi connectivity index (χ1v) is 9.31. The zero-order valence-electron chi connectivity index (χ0n) is 16.2. The fourth-order valence-electron chi connectivity index (χ4n) is 2.72. The summed E-state index contributed by atoms with van der Waals surface area (Å²) in [5.41, 5.74) is 1.17. The molecule has 0 atom stereocenters. The first-order chi connectivity index (χ1) is 12.7. The van der Waals surface area contributed by atoms with Gasteiger partial charge in [-0.15, -0.1) is 24.0 Å². The Labute approximate surface area is 179 Å². The molecule has 0 unspecified atom stereocenters. The van der Waals surface area contributed by atoms with E-state index in [1.54, 1.807) is 4.90 Å². The van der Waals surface area contributed by atoms with Gasteiger partial charge in [0.1, 0.15) is 0 Å². The fourth-order valence-corrected chi connectivity index (χ4v) is 2.72. The molecule has 0 radical (unpaired) electrons. The number of nitrogens with zero attached hydrogens (tertiary/aromatic N) is 3. The van der Waals surface area contributed by atoms with Crippen molar-refractivity contribution in [1.82, 2.24) is 15.1 Å². The Bertz CT molecular complexity index is 563. The minimum atomic E-state index is -0.233. The molecule has 8 heteroatoms. The van der Waals surface area contributed by atoms with Gasteiger partial charge in [0.25, 0.3) is 0 Å². The molecule has 27 heavy (non-hydrogen) atoms. The van der Waals surface area contributed by atoms with Crippen molar-refractivity contribution >= 4 is 36.0 Å². The lowest BCUT2D eigenvalue weighted by atomic mass is 10.2. The second-order valence-corrected chi connectivity index (χ2v) is 5.95. The molecule has 0 spiro atoms. The Balaban J connectivity index is 0.00000364. The van der Waals surface area contributed by atoms with Crippen LogP contribution in [0.2, 0.25) is 0 Å². The summed E-state index contributed by atoms with van der Waals surface area (Å²) in [4.78, 5) is 20.3. The maximum atomic E-state index is 11.8. The average molecular weight is 490 g/mol. The summed E-state index contributed by atoms with van der Waals surface area (Å²) in [7, 11) is 0. The number of guanidine groups is 1. The normalized spacial score (nSPS) is 14.5. The maximum Gasteiger partial charge on any atom is 0.409 e. The van der Waals surface area contributed by atoms with Crippen LogP contribution in [-0.4, -0.2) is 74.3 Å².